The predicted molar refractivity (Wildman–Crippen MR) is 50.6 cm³/mol. The second kappa shape index (κ2) is 3.29. The third-order valence-electron chi connectivity index (χ3n) is 1.76. The minimum Gasteiger partial charge on any atom is -0.506 e. The number of phenolic OH excluding ortho intramolecular Hbond substituents is 1. The van der Waals surface area contributed by atoms with Gasteiger partial charge in [0.1, 0.15) is 17.0 Å². The molecule has 2 rings (SSSR count). The molecule has 0 radical (unpaired) electrons. The van der Waals surface area contributed by atoms with Crippen molar-refractivity contribution in [3.8, 4) is 5.75 Å². The van der Waals surface area contributed by atoms with Gasteiger partial charge < -0.3 is 10.3 Å². The zero-order valence-corrected chi connectivity index (χ0v) is 7.12. The number of para-hydroxylation sites is 1. The second-order valence-corrected chi connectivity index (χ2v) is 2.68. The first kappa shape index (κ1) is 8.43. The van der Waals surface area contributed by atoms with Gasteiger partial charge in [0, 0.05) is 0 Å². The summed E-state index contributed by atoms with van der Waals surface area (Å²) in [6.45, 7) is 0. The summed E-state index contributed by atoms with van der Waals surface area (Å²) in [7, 11) is 0. The number of rotatable bonds is 1. The SMILES string of the molecule is O/N=C/c1cnc2cccc(O)c2n1. The monoisotopic (exact) mass is 189 g/mol. The van der Waals surface area contributed by atoms with Crippen molar-refractivity contribution in [1.29, 1.82) is 0 Å². The number of benzene rings is 1. The van der Waals surface area contributed by atoms with Crippen LogP contribution in [-0.2, 0) is 0 Å². The van der Waals surface area contributed by atoms with Crippen molar-refractivity contribution in [1.82, 2.24) is 9.97 Å². The predicted octanol–water partition coefficient (Wildman–Crippen LogP) is 1.14. The summed E-state index contributed by atoms with van der Waals surface area (Å²) in [4.78, 5) is 8.08. The van der Waals surface area contributed by atoms with Crippen LogP contribution in [0.2, 0.25) is 0 Å². The molecule has 0 aliphatic rings. The van der Waals surface area contributed by atoms with E-state index in [0.717, 1.165) is 6.21 Å². The number of hydrogen-bond acceptors (Lipinski definition) is 5. The fourth-order valence-electron chi connectivity index (χ4n) is 1.15. The van der Waals surface area contributed by atoms with Gasteiger partial charge in [0.2, 0.25) is 0 Å². The number of oxime groups is 1. The van der Waals surface area contributed by atoms with E-state index in [9.17, 15) is 5.11 Å². The molecule has 0 amide bonds. The van der Waals surface area contributed by atoms with Crippen LogP contribution in [0.5, 0.6) is 5.75 Å². The quantitative estimate of drug-likeness (QED) is 0.400. The number of phenols is 1. The van der Waals surface area contributed by atoms with Crippen molar-refractivity contribution in [2.24, 2.45) is 5.16 Å². The van der Waals surface area contributed by atoms with Gasteiger partial charge in [0.05, 0.1) is 17.9 Å². The second-order valence-electron chi connectivity index (χ2n) is 2.68. The molecule has 0 fully saturated rings. The molecule has 1 aromatic carbocycles. The molecule has 14 heavy (non-hydrogen) atoms. The molecule has 1 heterocycles. The molecule has 70 valence electrons. The highest BCUT2D eigenvalue weighted by atomic mass is 16.4. The van der Waals surface area contributed by atoms with Crippen LogP contribution < -0.4 is 0 Å². The number of fused-ring (bicyclic) bond motifs is 1. The Balaban J connectivity index is 2.69. The standard InChI is InChI=1S/C9H7N3O2/c13-8-3-1-2-7-9(8)12-6(4-10-7)5-11-14/h1-5,13-14H/b11-5+. The van der Waals surface area contributed by atoms with Gasteiger partial charge in [-0.25, -0.2) is 4.98 Å². The van der Waals surface area contributed by atoms with Gasteiger partial charge >= 0.3 is 0 Å². The molecule has 2 N–H and O–H groups in total. The van der Waals surface area contributed by atoms with Gasteiger partial charge in [-0.05, 0) is 12.1 Å². The summed E-state index contributed by atoms with van der Waals surface area (Å²) in [6.07, 6.45) is 2.61. The summed E-state index contributed by atoms with van der Waals surface area (Å²) in [6, 6.07) is 4.95. The van der Waals surface area contributed by atoms with E-state index < -0.39 is 0 Å². The van der Waals surface area contributed by atoms with Crippen LogP contribution in [0, 0.1) is 0 Å². The highest BCUT2D eigenvalue weighted by Crippen LogP contribution is 2.19. The van der Waals surface area contributed by atoms with E-state index in [0.29, 0.717) is 16.7 Å². The van der Waals surface area contributed by atoms with Crippen molar-refractivity contribution < 1.29 is 10.3 Å². The van der Waals surface area contributed by atoms with Gasteiger partial charge in [0.25, 0.3) is 0 Å². The highest BCUT2D eigenvalue weighted by molar-refractivity contribution is 5.85. The van der Waals surface area contributed by atoms with Crippen molar-refractivity contribution in [2.45, 2.75) is 0 Å². The number of aromatic nitrogens is 2. The molecule has 5 heteroatoms. The molecule has 0 saturated carbocycles. The van der Waals surface area contributed by atoms with Gasteiger partial charge in [-0.2, -0.15) is 0 Å². The molecule has 0 aliphatic heterocycles. The zero-order valence-electron chi connectivity index (χ0n) is 7.12. The first-order valence-corrected chi connectivity index (χ1v) is 3.93. The average Bonchev–Trinajstić information content (AvgIpc) is 2.20. The Kier molecular flexibility index (Phi) is 1.98. The lowest BCUT2D eigenvalue weighted by Crippen LogP contribution is -1.91. The van der Waals surface area contributed by atoms with Crippen LogP contribution >= 0.6 is 0 Å². The Morgan fingerprint density at radius 3 is 3.00 bits per heavy atom. The summed E-state index contributed by atoms with van der Waals surface area (Å²) in [5, 5.41) is 20.6. The fourth-order valence-corrected chi connectivity index (χ4v) is 1.15. The van der Waals surface area contributed by atoms with Crippen molar-refractivity contribution >= 4 is 17.2 Å². The molecule has 2 aromatic rings. The summed E-state index contributed by atoms with van der Waals surface area (Å²) >= 11 is 0. The minimum atomic E-state index is 0.0585. The van der Waals surface area contributed by atoms with Crippen LogP contribution in [0.1, 0.15) is 5.69 Å². The molecule has 0 atom stereocenters. The van der Waals surface area contributed by atoms with Gasteiger partial charge in [-0.1, -0.05) is 11.2 Å². The van der Waals surface area contributed by atoms with Crippen LogP contribution in [0.4, 0.5) is 0 Å². The van der Waals surface area contributed by atoms with E-state index in [4.69, 9.17) is 5.21 Å². The lowest BCUT2D eigenvalue weighted by molar-refractivity contribution is 0.321. The Bertz CT molecular complexity index is 496. The van der Waals surface area contributed by atoms with E-state index in [-0.39, 0.29) is 5.75 Å². The Morgan fingerprint density at radius 1 is 1.36 bits per heavy atom. The maximum atomic E-state index is 9.45. The third kappa shape index (κ3) is 1.35. The normalized spacial score (nSPS) is 11.1. The summed E-state index contributed by atoms with van der Waals surface area (Å²) < 4.78 is 0. The molecule has 0 bridgehead atoms. The van der Waals surface area contributed by atoms with Crippen molar-refractivity contribution in [3.63, 3.8) is 0 Å². The third-order valence-corrected chi connectivity index (χ3v) is 1.76. The Hall–Kier alpha value is -2.17. The molecular weight excluding hydrogens is 182 g/mol. The zero-order chi connectivity index (χ0) is 9.97. The van der Waals surface area contributed by atoms with E-state index in [1.807, 2.05) is 0 Å². The van der Waals surface area contributed by atoms with Crippen LogP contribution in [0.3, 0.4) is 0 Å². The van der Waals surface area contributed by atoms with E-state index in [1.54, 1.807) is 12.1 Å². The average molecular weight is 189 g/mol. The highest BCUT2D eigenvalue weighted by Gasteiger charge is 2.02. The van der Waals surface area contributed by atoms with Crippen LogP contribution in [0.25, 0.3) is 11.0 Å². The van der Waals surface area contributed by atoms with E-state index in [2.05, 4.69) is 15.1 Å². The van der Waals surface area contributed by atoms with Gasteiger partial charge in [-0.3, -0.25) is 4.98 Å². The molecule has 0 spiro atoms. The van der Waals surface area contributed by atoms with Crippen molar-refractivity contribution in [2.75, 3.05) is 0 Å². The topological polar surface area (TPSA) is 78.6 Å². The molecule has 0 unspecified atom stereocenters. The minimum absolute atomic E-state index is 0.0585. The van der Waals surface area contributed by atoms with Gasteiger partial charge in [0.15, 0.2) is 0 Å². The van der Waals surface area contributed by atoms with E-state index >= 15 is 0 Å². The van der Waals surface area contributed by atoms with Crippen LogP contribution in [-0.4, -0.2) is 26.5 Å². The Morgan fingerprint density at radius 2 is 2.21 bits per heavy atom. The lowest BCUT2D eigenvalue weighted by atomic mass is 10.3. The first-order chi connectivity index (χ1) is 6.81. The van der Waals surface area contributed by atoms with Crippen molar-refractivity contribution in [3.05, 3.63) is 30.1 Å². The fraction of sp³-hybridized carbons (Fsp3) is 0. The smallest absolute Gasteiger partial charge is 0.143 e. The molecule has 0 aliphatic carbocycles. The summed E-state index contributed by atoms with van der Waals surface area (Å²) in [5.74, 6) is 0.0585. The van der Waals surface area contributed by atoms with Crippen LogP contribution in [0.15, 0.2) is 29.6 Å². The maximum Gasteiger partial charge on any atom is 0.143 e. The molecule has 0 saturated heterocycles. The maximum absolute atomic E-state index is 9.45. The largest absolute Gasteiger partial charge is 0.506 e. The molecule has 1 aromatic heterocycles. The first-order valence-electron chi connectivity index (χ1n) is 3.93. The number of aromatic hydroxyl groups is 1. The summed E-state index contributed by atoms with van der Waals surface area (Å²) in [5.41, 5.74) is 1.38. The molecule has 5 nitrogen and oxygen atoms in total. The number of nitrogens with zero attached hydrogens (tertiary/aromatic N) is 3. The van der Waals surface area contributed by atoms with Gasteiger partial charge in [-0.15, -0.1) is 0 Å². The number of hydrogen-bond donors (Lipinski definition) is 2. The lowest BCUT2D eigenvalue weighted by Gasteiger charge is -1.99. The van der Waals surface area contributed by atoms with E-state index in [1.165, 1.54) is 12.3 Å². The molecular formula is C9H7N3O2. The Labute approximate surface area is 79.4 Å².